The Morgan fingerprint density at radius 3 is 3.29 bits per heavy atom. The summed E-state index contributed by atoms with van der Waals surface area (Å²) in [7, 11) is 0. The van der Waals surface area contributed by atoms with E-state index in [1.807, 2.05) is 6.92 Å². The highest BCUT2D eigenvalue weighted by Crippen LogP contribution is 2.21. The van der Waals surface area contributed by atoms with Crippen molar-refractivity contribution in [3.63, 3.8) is 0 Å². The van der Waals surface area contributed by atoms with E-state index in [1.54, 1.807) is 6.20 Å². The predicted molar refractivity (Wildman–Crippen MR) is 54.1 cm³/mol. The third-order valence-electron chi connectivity index (χ3n) is 2.50. The number of oxazole rings is 1. The molecule has 0 radical (unpaired) electrons. The molecule has 14 heavy (non-hydrogen) atoms. The normalized spacial score (nSPS) is 24.0. The Morgan fingerprint density at radius 2 is 2.64 bits per heavy atom. The maximum absolute atomic E-state index is 5.69. The first-order valence-corrected chi connectivity index (χ1v) is 5.16. The first-order chi connectivity index (χ1) is 6.75. The van der Waals surface area contributed by atoms with E-state index in [1.165, 1.54) is 0 Å². The zero-order chi connectivity index (χ0) is 9.97. The Morgan fingerprint density at radius 1 is 1.79 bits per heavy atom. The van der Waals surface area contributed by atoms with Crippen molar-refractivity contribution in [1.82, 2.24) is 10.3 Å². The molecule has 1 aromatic heterocycles. The van der Waals surface area contributed by atoms with Crippen LogP contribution < -0.4 is 11.1 Å². The number of nitrogens with two attached hydrogens (primary N) is 1. The Hall–Kier alpha value is -0.870. The van der Waals surface area contributed by atoms with Gasteiger partial charge in [0.2, 0.25) is 0 Å². The predicted octanol–water partition coefficient (Wildman–Crippen LogP) is 0.641. The van der Waals surface area contributed by atoms with Crippen LogP contribution in [0.4, 0.5) is 0 Å². The van der Waals surface area contributed by atoms with Gasteiger partial charge in [0.15, 0.2) is 5.89 Å². The Balaban J connectivity index is 2.01. The van der Waals surface area contributed by atoms with Gasteiger partial charge in [-0.15, -0.1) is 0 Å². The molecule has 2 heterocycles. The van der Waals surface area contributed by atoms with E-state index in [9.17, 15) is 0 Å². The highest BCUT2D eigenvalue weighted by atomic mass is 16.4. The van der Waals surface area contributed by atoms with Crippen molar-refractivity contribution in [3.05, 3.63) is 17.8 Å². The minimum atomic E-state index is 0.137. The van der Waals surface area contributed by atoms with Crippen LogP contribution in [0, 0.1) is 0 Å². The fourth-order valence-corrected chi connectivity index (χ4v) is 1.79. The highest BCUT2D eigenvalue weighted by Gasteiger charge is 2.21. The number of hydrogen-bond donors (Lipinski definition) is 2. The third-order valence-corrected chi connectivity index (χ3v) is 2.50. The van der Waals surface area contributed by atoms with Gasteiger partial charge in [-0.05, 0) is 19.9 Å². The van der Waals surface area contributed by atoms with Crippen molar-refractivity contribution in [2.75, 3.05) is 13.1 Å². The number of nitrogens with zero attached hydrogens (tertiary/aromatic N) is 1. The molecule has 1 aliphatic heterocycles. The maximum atomic E-state index is 5.69. The molecule has 1 saturated heterocycles. The summed E-state index contributed by atoms with van der Waals surface area (Å²) in [5.74, 6) is 2.23. The van der Waals surface area contributed by atoms with Crippen molar-refractivity contribution < 1.29 is 4.42 Å². The van der Waals surface area contributed by atoms with E-state index in [4.69, 9.17) is 10.2 Å². The standard InChI is InChI=1S/C10H17N3O/c1-7(11)4-9-6-13-10(14-9)8-2-3-12-5-8/h6-8,12H,2-5,11H2,1H3. The van der Waals surface area contributed by atoms with Crippen molar-refractivity contribution in [2.24, 2.45) is 5.73 Å². The van der Waals surface area contributed by atoms with Crippen LogP contribution in [-0.2, 0) is 6.42 Å². The van der Waals surface area contributed by atoms with Gasteiger partial charge in [-0.25, -0.2) is 4.98 Å². The molecule has 2 unspecified atom stereocenters. The SMILES string of the molecule is CC(N)Cc1cnc(C2CCNC2)o1. The lowest BCUT2D eigenvalue weighted by atomic mass is 10.1. The summed E-state index contributed by atoms with van der Waals surface area (Å²) in [6.45, 7) is 4.02. The van der Waals surface area contributed by atoms with Crippen LogP contribution in [0.1, 0.15) is 30.9 Å². The van der Waals surface area contributed by atoms with Gasteiger partial charge in [-0.2, -0.15) is 0 Å². The zero-order valence-electron chi connectivity index (χ0n) is 8.49. The zero-order valence-corrected chi connectivity index (χ0v) is 8.49. The molecular formula is C10H17N3O. The molecule has 0 bridgehead atoms. The summed E-state index contributed by atoms with van der Waals surface area (Å²) >= 11 is 0. The smallest absolute Gasteiger partial charge is 0.198 e. The first-order valence-electron chi connectivity index (χ1n) is 5.16. The monoisotopic (exact) mass is 195 g/mol. The fourth-order valence-electron chi connectivity index (χ4n) is 1.79. The molecule has 0 saturated carbocycles. The van der Waals surface area contributed by atoms with Crippen LogP contribution in [0.15, 0.2) is 10.6 Å². The topological polar surface area (TPSA) is 64.1 Å². The maximum Gasteiger partial charge on any atom is 0.198 e. The summed E-state index contributed by atoms with van der Waals surface area (Å²) in [4.78, 5) is 4.29. The molecular weight excluding hydrogens is 178 g/mol. The lowest BCUT2D eigenvalue weighted by Gasteiger charge is -2.02. The van der Waals surface area contributed by atoms with Crippen molar-refractivity contribution in [3.8, 4) is 0 Å². The van der Waals surface area contributed by atoms with E-state index in [-0.39, 0.29) is 6.04 Å². The van der Waals surface area contributed by atoms with Crippen LogP contribution in [0.2, 0.25) is 0 Å². The Kier molecular flexibility index (Phi) is 2.84. The molecule has 78 valence electrons. The quantitative estimate of drug-likeness (QED) is 0.743. The molecule has 2 atom stereocenters. The van der Waals surface area contributed by atoms with E-state index in [0.29, 0.717) is 5.92 Å². The van der Waals surface area contributed by atoms with Crippen LogP contribution in [0.5, 0.6) is 0 Å². The Labute approximate surface area is 83.9 Å². The van der Waals surface area contributed by atoms with Gasteiger partial charge < -0.3 is 15.5 Å². The molecule has 0 aromatic carbocycles. The average Bonchev–Trinajstić information content (AvgIpc) is 2.69. The second-order valence-electron chi connectivity index (χ2n) is 4.04. The average molecular weight is 195 g/mol. The van der Waals surface area contributed by atoms with Gasteiger partial charge in [0.05, 0.1) is 6.20 Å². The molecule has 2 rings (SSSR count). The second kappa shape index (κ2) is 4.11. The molecule has 0 amide bonds. The van der Waals surface area contributed by atoms with E-state index in [2.05, 4.69) is 10.3 Å². The van der Waals surface area contributed by atoms with Gasteiger partial charge in [-0.1, -0.05) is 0 Å². The number of rotatable bonds is 3. The van der Waals surface area contributed by atoms with Crippen LogP contribution >= 0.6 is 0 Å². The van der Waals surface area contributed by atoms with Gasteiger partial charge in [0.25, 0.3) is 0 Å². The minimum absolute atomic E-state index is 0.137. The van der Waals surface area contributed by atoms with Gasteiger partial charge in [0.1, 0.15) is 5.76 Å². The molecule has 1 fully saturated rings. The molecule has 4 heteroatoms. The summed E-state index contributed by atoms with van der Waals surface area (Å²) in [6, 6.07) is 0.137. The molecule has 1 aromatic rings. The molecule has 1 aliphatic rings. The van der Waals surface area contributed by atoms with Gasteiger partial charge in [0, 0.05) is 24.9 Å². The fraction of sp³-hybridized carbons (Fsp3) is 0.700. The molecule has 0 aliphatic carbocycles. The molecule has 3 N–H and O–H groups in total. The third kappa shape index (κ3) is 2.13. The van der Waals surface area contributed by atoms with E-state index in [0.717, 1.165) is 37.6 Å². The van der Waals surface area contributed by atoms with Crippen LogP contribution in [-0.4, -0.2) is 24.1 Å². The lowest BCUT2D eigenvalue weighted by molar-refractivity contribution is 0.418. The molecule has 4 nitrogen and oxygen atoms in total. The van der Waals surface area contributed by atoms with Crippen LogP contribution in [0.3, 0.4) is 0 Å². The summed E-state index contributed by atoms with van der Waals surface area (Å²) in [6.07, 6.45) is 3.70. The largest absolute Gasteiger partial charge is 0.445 e. The number of nitrogens with one attached hydrogen (secondary N) is 1. The summed E-state index contributed by atoms with van der Waals surface area (Å²) in [5, 5.41) is 3.30. The number of aromatic nitrogens is 1. The van der Waals surface area contributed by atoms with Gasteiger partial charge >= 0.3 is 0 Å². The van der Waals surface area contributed by atoms with Crippen molar-refractivity contribution in [2.45, 2.75) is 31.7 Å². The summed E-state index contributed by atoms with van der Waals surface area (Å²) < 4.78 is 5.65. The van der Waals surface area contributed by atoms with Gasteiger partial charge in [-0.3, -0.25) is 0 Å². The summed E-state index contributed by atoms with van der Waals surface area (Å²) in [5.41, 5.74) is 5.69. The number of hydrogen-bond acceptors (Lipinski definition) is 4. The van der Waals surface area contributed by atoms with Crippen molar-refractivity contribution in [1.29, 1.82) is 0 Å². The second-order valence-corrected chi connectivity index (χ2v) is 4.04. The minimum Gasteiger partial charge on any atom is -0.445 e. The van der Waals surface area contributed by atoms with Crippen LogP contribution in [0.25, 0.3) is 0 Å². The van der Waals surface area contributed by atoms with Crippen molar-refractivity contribution >= 4 is 0 Å². The Bertz CT molecular complexity index is 289. The molecule has 0 spiro atoms. The highest BCUT2D eigenvalue weighted by molar-refractivity contribution is 5.02. The van der Waals surface area contributed by atoms with E-state index >= 15 is 0 Å². The van der Waals surface area contributed by atoms with E-state index < -0.39 is 0 Å². The lowest BCUT2D eigenvalue weighted by Crippen LogP contribution is -2.17. The first kappa shape index (κ1) is 9.68.